The lowest BCUT2D eigenvalue weighted by molar-refractivity contribution is -0.129. The molecule has 6 nitrogen and oxygen atoms in total. The predicted octanol–water partition coefficient (Wildman–Crippen LogP) is 3.72. The second-order valence-electron chi connectivity index (χ2n) is 9.91. The van der Waals surface area contributed by atoms with Crippen LogP contribution in [-0.4, -0.2) is 34.5 Å². The van der Waals surface area contributed by atoms with Gasteiger partial charge in [0.05, 0.1) is 6.10 Å². The Bertz CT molecular complexity index is 738. The van der Waals surface area contributed by atoms with Gasteiger partial charge in [-0.2, -0.15) is 8.42 Å². The first-order valence-corrected chi connectivity index (χ1v) is 11.8. The molecule has 0 amide bonds. The molecule has 0 radical (unpaired) electrons. The lowest BCUT2D eigenvalue weighted by Crippen LogP contribution is -2.53. The third kappa shape index (κ3) is 3.95. The molecule has 0 aromatic rings. The van der Waals surface area contributed by atoms with Gasteiger partial charge in [-0.25, -0.2) is 0 Å². The van der Waals surface area contributed by atoms with Gasteiger partial charge in [-0.05, 0) is 86.4 Å². The molecule has 0 aliphatic heterocycles. The van der Waals surface area contributed by atoms with E-state index >= 15 is 0 Å². The second-order valence-corrected chi connectivity index (χ2v) is 10.8. The van der Waals surface area contributed by atoms with E-state index in [0.29, 0.717) is 17.6 Å². The minimum atomic E-state index is -4.67. The van der Waals surface area contributed by atoms with Crippen LogP contribution in [0.25, 0.3) is 0 Å². The lowest BCUT2D eigenvalue weighted by atomic mass is 9.46. The summed E-state index contributed by atoms with van der Waals surface area (Å²) in [4.78, 5) is 12.2. The molecule has 3 fully saturated rings. The fourth-order valence-electron chi connectivity index (χ4n) is 7.46. The average molecular weight is 415 g/mol. The molecule has 28 heavy (non-hydrogen) atoms. The quantitative estimate of drug-likeness (QED) is 0.445. The molecule has 0 spiro atoms. The van der Waals surface area contributed by atoms with E-state index in [-0.39, 0.29) is 16.9 Å². The molecule has 4 rings (SSSR count). The van der Waals surface area contributed by atoms with Crippen LogP contribution in [0, 0.1) is 40.4 Å². The molecule has 3 saturated carbocycles. The van der Waals surface area contributed by atoms with Gasteiger partial charge in [-0.1, -0.05) is 26.0 Å². The summed E-state index contributed by atoms with van der Waals surface area (Å²) in [5, 5.41) is 10.0. The van der Waals surface area contributed by atoms with Gasteiger partial charge < -0.3 is 5.11 Å². The summed E-state index contributed by atoms with van der Waals surface area (Å²) in [6.07, 6.45) is 12.6. The molecule has 3 N–H and O–H groups in total. The number of fused-ring (bicyclic) bond motifs is 5. The van der Waals surface area contributed by atoms with E-state index in [4.69, 9.17) is 17.5 Å². The van der Waals surface area contributed by atoms with Crippen molar-refractivity contribution < 1.29 is 27.4 Å². The van der Waals surface area contributed by atoms with Crippen molar-refractivity contribution in [3.63, 3.8) is 0 Å². The van der Waals surface area contributed by atoms with Gasteiger partial charge in [0.1, 0.15) is 5.78 Å². The van der Waals surface area contributed by atoms with Gasteiger partial charge in [0.15, 0.2) is 0 Å². The van der Waals surface area contributed by atoms with Crippen molar-refractivity contribution in [2.75, 3.05) is 0 Å². The van der Waals surface area contributed by atoms with E-state index in [9.17, 15) is 9.90 Å². The first kappa shape index (κ1) is 21.9. The Kier molecular flexibility index (Phi) is 5.87. The van der Waals surface area contributed by atoms with Crippen LogP contribution in [0.1, 0.15) is 65.7 Å². The SMILES string of the molecule is CC(=O)[C@H]1CC[C@H]2[C@@H]3CC[C@H]4C[C@H](O)C=C[C@]4(C)[C@H]3CC[C@]12C.O=S(=O)(O)O. The predicted molar refractivity (Wildman–Crippen MR) is 106 cm³/mol. The van der Waals surface area contributed by atoms with Crippen molar-refractivity contribution in [3.8, 4) is 0 Å². The van der Waals surface area contributed by atoms with Crippen LogP contribution in [-0.2, 0) is 15.2 Å². The molecule has 8 atom stereocenters. The Morgan fingerprint density at radius 3 is 2.29 bits per heavy atom. The maximum atomic E-state index is 12.2. The molecule has 0 unspecified atom stereocenters. The van der Waals surface area contributed by atoms with Crippen LogP contribution < -0.4 is 0 Å². The Balaban J connectivity index is 0.000000403. The molecule has 4 aliphatic carbocycles. The minimum absolute atomic E-state index is 0.230. The molecule has 4 aliphatic rings. The van der Waals surface area contributed by atoms with Crippen molar-refractivity contribution >= 4 is 16.2 Å². The summed E-state index contributed by atoms with van der Waals surface area (Å²) in [5.74, 6) is 3.68. The van der Waals surface area contributed by atoms with E-state index in [0.717, 1.165) is 30.6 Å². The zero-order chi connectivity index (χ0) is 20.9. The van der Waals surface area contributed by atoms with Gasteiger partial charge in [0.2, 0.25) is 0 Å². The Morgan fingerprint density at radius 1 is 1.04 bits per heavy atom. The van der Waals surface area contributed by atoms with E-state index in [2.05, 4.69) is 26.0 Å². The fourth-order valence-corrected chi connectivity index (χ4v) is 7.46. The van der Waals surface area contributed by atoms with Crippen molar-refractivity contribution in [2.24, 2.45) is 40.4 Å². The average Bonchev–Trinajstić information content (AvgIpc) is 2.91. The summed E-state index contributed by atoms with van der Waals surface area (Å²) in [6.45, 7) is 6.69. The zero-order valence-corrected chi connectivity index (χ0v) is 17.9. The number of hydrogen-bond acceptors (Lipinski definition) is 4. The van der Waals surface area contributed by atoms with Crippen LogP contribution in [0.15, 0.2) is 12.2 Å². The summed E-state index contributed by atoms with van der Waals surface area (Å²) in [7, 11) is -4.67. The first-order valence-electron chi connectivity index (χ1n) is 10.4. The number of Topliss-reactive ketones (excluding diaryl/α,β-unsaturated/α-hetero) is 1. The molecule has 0 heterocycles. The van der Waals surface area contributed by atoms with Crippen molar-refractivity contribution in [1.82, 2.24) is 0 Å². The highest BCUT2D eigenvalue weighted by molar-refractivity contribution is 7.79. The van der Waals surface area contributed by atoms with Crippen molar-refractivity contribution in [2.45, 2.75) is 71.8 Å². The van der Waals surface area contributed by atoms with Crippen LogP contribution in [0.4, 0.5) is 0 Å². The highest BCUT2D eigenvalue weighted by atomic mass is 32.3. The highest BCUT2D eigenvalue weighted by Gasteiger charge is 2.60. The van der Waals surface area contributed by atoms with E-state index in [1.807, 2.05) is 6.92 Å². The maximum Gasteiger partial charge on any atom is 0.394 e. The number of carbonyl (C=O) groups is 1. The Morgan fingerprint density at radius 2 is 1.68 bits per heavy atom. The maximum absolute atomic E-state index is 12.2. The molecular weight excluding hydrogens is 380 g/mol. The minimum Gasteiger partial charge on any atom is -0.389 e. The first-order chi connectivity index (χ1) is 12.9. The number of allylic oxidation sites excluding steroid dienone is 1. The molecular formula is C21H34O6S. The fraction of sp³-hybridized carbons (Fsp3) is 0.857. The standard InChI is InChI=1S/C21H32O2.H2O4S/c1-13(22)17-6-7-18-16-5-4-14-12-15(23)8-10-20(14,2)19(16)9-11-21(17,18)3;1-5(2,3)4/h8,10,14-19,23H,4-7,9,11-12H2,1-3H3;(H2,1,2,3,4)/t14-,15+,16-,17+,18-,19-,20-,21+;/m0./s1. The molecule has 7 heteroatoms. The van der Waals surface area contributed by atoms with Crippen LogP contribution >= 0.6 is 0 Å². The largest absolute Gasteiger partial charge is 0.394 e. The number of ketones is 1. The number of aliphatic hydroxyl groups is 1. The lowest BCUT2D eigenvalue weighted by Gasteiger charge is -2.59. The van der Waals surface area contributed by atoms with E-state index in [1.54, 1.807) is 0 Å². The smallest absolute Gasteiger partial charge is 0.389 e. The van der Waals surface area contributed by atoms with Gasteiger partial charge in [-0.3, -0.25) is 13.9 Å². The second kappa shape index (κ2) is 7.49. The van der Waals surface area contributed by atoms with Crippen LogP contribution in [0.5, 0.6) is 0 Å². The van der Waals surface area contributed by atoms with Gasteiger partial charge >= 0.3 is 10.4 Å². The number of hydrogen-bond donors (Lipinski definition) is 3. The molecule has 160 valence electrons. The molecule has 0 aromatic heterocycles. The van der Waals surface area contributed by atoms with E-state index < -0.39 is 10.4 Å². The number of rotatable bonds is 1. The van der Waals surface area contributed by atoms with Gasteiger partial charge in [-0.15, -0.1) is 0 Å². The topological polar surface area (TPSA) is 112 Å². The van der Waals surface area contributed by atoms with Crippen molar-refractivity contribution in [3.05, 3.63) is 12.2 Å². The summed E-state index contributed by atoms with van der Waals surface area (Å²) < 4.78 is 31.6. The number of aliphatic hydroxyl groups excluding tert-OH is 1. The van der Waals surface area contributed by atoms with Crippen LogP contribution in [0.3, 0.4) is 0 Å². The zero-order valence-electron chi connectivity index (χ0n) is 17.0. The monoisotopic (exact) mass is 414 g/mol. The summed E-state index contributed by atoms with van der Waals surface area (Å²) >= 11 is 0. The Hall–Kier alpha value is -0.760. The van der Waals surface area contributed by atoms with Crippen LogP contribution in [0.2, 0.25) is 0 Å². The van der Waals surface area contributed by atoms with E-state index in [1.165, 1.54) is 32.1 Å². The van der Waals surface area contributed by atoms with Crippen molar-refractivity contribution in [1.29, 1.82) is 0 Å². The molecule has 0 saturated heterocycles. The van der Waals surface area contributed by atoms with Gasteiger partial charge in [0, 0.05) is 5.92 Å². The molecule has 0 bridgehead atoms. The third-order valence-electron chi connectivity index (χ3n) is 8.66. The summed E-state index contributed by atoms with van der Waals surface area (Å²) in [6, 6.07) is 0. The molecule has 0 aromatic carbocycles. The third-order valence-corrected chi connectivity index (χ3v) is 8.66. The summed E-state index contributed by atoms with van der Waals surface area (Å²) in [5.41, 5.74) is 0.534. The normalized spacial score (nSPS) is 47.2. The highest BCUT2D eigenvalue weighted by Crippen LogP contribution is 2.66. The Labute approximate surface area is 168 Å². The van der Waals surface area contributed by atoms with Gasteiger partial charge in [0.25, 0.3) is 0 Å². The number of carbonyl (C=O) groups excluding carboxylic acids is 1.